The molecule has 1 aliphatic carbocycles. The molecule has 3 aromatic rings. The normalized spacial score (nSPS) is 21.3. The number of carbonyl (C=O) groups is 1. The number of rotatable bonds is 8. The first kappa shape index (κ1) is 32.2. The van der Waals surface area contributed by atoms with E-state index in [1.807, 2.05) is 6.92 Å². The molecule has 1 atom stereocenters. The van der Waals surface area contributed by atoms with E-state index in [1.54, 1.807) is 24.6 Å². The van der Waals surface area contributed by atoms with Crippen molar-refractivity contribution in [1.82, 2.24) is 20.1 Å². The second-order valence-corrected chi connectivity index (χ2v) is 14.4. The number of halogens is 3. The Morgan fingerprint density at radius 3 is 2.55 bits per heavy atom. The largest absolute Gasteiger partial charge is 0.501 e. The second-order valence-electron chi connectivity index (χ2n) is 11.4. The Balaban J connectivity index is 1.36. The number of anilines is 2. The van der Waals surface area contributed by atoms with Gasteiger partial charge >= 0.3 is 11.6 Å². The predicted octanol–water partition coefficient (Wildman–Crippen LogP) is 7.21. The van der Waals surface area contributed by atoms with Crippen LogP contribution in [0.2, 0.25) is 0 Å². The summed E-state index contributed by atoms with van der Waals surface area (Å²) >= 11 is 1.18. The maximum Gasteiger partial charge on any atom is 0.501 e. The van der Waals surface area contributed by atoms with Gasteiger partial charge in [0.25, 0.3) is 9.84 Å². The third-order valence-electron chi connectivity index (χ3n) is 7.73. The first-order valence-electron chi connectivity index (χ1n) is 14.6. The summed E-state index contributed by atoms with van der Waals surface area (Å²) in [7, 11) is -5.69. The number of aryl methyl sites for hydroxylation is 1. The number of ether oxygens (including phenoxy) is 2. The third-order valence-corrected chi connectivity index (χ3v) is 10.4. The molecule has 1 saturated heterocycles. The van der Waals surface area contributed by atoms with E-state index in [-0.39, 0.29) is 35.5 Å². The van der Waals surface area contributed by atoms with Crippen LogP contribution in [0.25, 0.3) is 10.4 Å². The molecule has 1 amide bonds. The van der Waals surface area contributed by atoms with Crippen LogP contribution in [-0.4, -0.2) is 53.5 Å². The summed E-state index contributed by atoms with van der Waals surface area (Å²) < 4.78 is 79.7. The molecule has 3 heterocycles. The molecule has 10 nitrogen and oxygen atoms in total. The van der Waals surface area contributed by atoms with Crippen molar-refractivity contribution in [3.05, 3.63) is 41.2 Å². The highest BCUT2D eigenvalue weighted by Crippen LogP contribution is 2.42. The highest BCUT2D eigenvalue weighted by molar-refractivity contribution is 7.92. The van der Waals surface area contributed by atoms with E-state index in [2.05, 4.69) is 20.7 Å². The van der Waals surface area contributed by atoms with Crippen LogP contribution in [-0.2, 0) is 19.3 Å². The zero-order valence-electron chi connectivity index (χ0n) is 24.7. The van der Waals surface area contributed by atoms with Crippen molar-refractivity contribution in [1.29, 1.82) is 0 Å². The number of nitrogens with zero attached hydrogens (tertiary/aromatic N) is 3. The van der Waals surface area contributed by atoms with Crippen LogP contribution in [0.3, 0.4) is 0 Å². The van der Waals surface area contributed by atoms with Crippen LogP contribution < -0.4 is 10.6 Å². The predicted molar refractivity (Wildman–Crippen MR) is 160 cm³/mol. The number of hydrogen-bond donors (Lipinski definition) is 2. The summed E-state index contributed by atoms with van der Waals surface area (Å²) in [4.78, 5) is 15.9. The van der Waals surface area contributed by atoms with Crippen LogP contribution in [0.1, 0.15) is 81.6 Å². The summed E-state index contributed by atoms with van der Waals surface area (Å²) in [6.45, 7) is 6.02. The van der Waals surface area contributed by atoms with Gasteiger partial charge < -0.3 is 20.1 Å². The third kappa shape index (κ3) is 7.20. The molecular formula is C29H36F3N5O5S2. The Bertz CT molecular complexity index is 1570. The van der Waals surface area contributed by atoms with Gasteiger partial charge in [0.2, 0.25) is 0 Å². The molecule has 1 unspecified atom stereocenters. The lowest BCUT2D eigenvalue weighted by molar-refractivity contribution is -0.0436. The molecule has 0 radical (unpaired) electrons. The van der Waals surface area contributed by atoms with Crippen LogP contribution in [0, 0.1) is 6.92 Å². The van der Waals surface area contributed by atoms with Gasteiger partial charge in [0, 0.05) is 47.8 Å². The van der Waals surface area contributed by atoms with Crippen LogP contribution in [0.5, 0.6) is 0 Å². The van der Waals surface area contributed by atoms with Gasteiger partial charge in [-0.2, -0.15) is 18.3 Å². The lowest BCUT2D eigenvalue weighted by Gasteiger charge is -2.28. The van der Waals surface area contributed by atoms with Gasteiger partial charge in [0.05, 0.1) is 20.9 Å². The maximum absolute atomic E-state index is 13.8. The topological polar surface area (TPSA) is 124 Å². The number of thiazole rings is 1. The van der Waals surface area contributed by atoms with E-state index in [0.717, 1.165) is 31.0 Å². The fraction of sp³-hybridized carbons (Fsp3) is 0.552. The zero-order chi connectivity index (χ0) is 31.6. The molecule has 2 aliphatic rings. The molecule has 0 spiro atoms. The van der Waals surface area contributed by atoms with Crippen molar-refractivity contribution in [3.8, 4) is 10.4 Å². The SMILES string of the molecule is Cc1cc(Nc2ccc(-c3cnc(C4CCC(NC(=O)OC(C)C)CC4)s3)c(S(=O)(=O)C(F)(F)F)c2)nn1C1CCCCO1. The highest BCUT2D eigenvalue weighted by atomic mass is 32.2. The minimum atomic E-state index is -5.69. The molecule has 1 aromatic carbocycles. The molecule has 15 heteroatoms. The van der Waals surface area contributed by atoms with E-state index in [0.29, 0.717) is 48.0 Å². The van der Waals surface area contributed by atoms with E-state index in [9.17, 15) is 26.4 Å². The zero-order valence-corrected chi connectivity index (χ0v) is 26.3. The Labute approximate surface area is 258 Å². The van der Waals surface area contributed by atoms with E-state index in [1.165, 1.54) is 29.7 Å². The van der Waals surface area contributed by atoms with Gasteiger partial charge in [0.15, 0.2) is 12.0 Å². The fourth-order valence-corrected chi connectivity index (χ4v) is 7.75. The summed E-state index contributed by atoms with van der Waals surface area (Å²) in [5.41, 5.74) is -4.61. The van der Waals surface area contributed by atoms with Gasteiger partial charge in [-0.3, -0.25) is 0 Å². The molecule has 5 rings (SSSR count). The van der Waals surface area contributed by atoms with Gasteiger partial charge in [-0.05, 0) is 77.8 Å². The molecule has 240 valence electrons. The lowest BCUT2D eigenvalue weighted by atomic mass is 9.86. The average molecular weight is 656 g/mol. The highest BCUT2D eigenvalue weighted by Gasteiger charge is 2.48. The van der Waals surface area contributed by atoms with Crippen molar-refractivity contribution in [2.45, 2.75) is 100 Å². The molecule has 0 bridgehead atoms. The minimum absolute atomic E-state index is 0.0362. The Morgan fingerprint density at radius 2 is 1.89 bits per heavy atom. The van der Waals surface area contributed by atoms with Crippen LogP contribution in [0.4, 0.5) is 29.5 Å². The number of amides is 1. The fourth-order valence-electron chi connectivity index (χ4n) is 5.56. The molecule has 1 aliphatic heterocycles. The molecule has 2 fully saturated rings. The van der Waals surface area contributed by atoms with Crippen molar-refractivity contribution in [2.75, 3.05) is 11.9 Å². The Hall–Kier alpha value is -3.17. The van der Waals surface area contributed by atoms with Crippen LogP contribution >= 0.6 is 11.3 Å². The second kappa shape index (κ2) is 13.1. The number of nitrogens with one attached hydrogen (secondary N) is 2. The molecular weight excluding hydrogens is 619 g/mol. The standard InChI is InChI=1S/C29H36F3N5O5S2/c1-17(2)42-28(38)35-20-9-7-19(8-10-20)27-33-16-23(43-27)22-12-11-21(15-24(22)44(39,40)29(30,31)32)34-25-14-18(3)37(36-25)26-6-4-5-13-41-26/h11-12,14-17,19-20,26H,4-10,13H2,1-3H3,(H,34,36)(H,35,38). The van der Waals surface area contributed by atoms with Gasteiger partial charge in [0.1, 0.15) is 0 Å². The molecule has 2 N–H and O–H groups in total. The monoisotopic (exact) mass is 655 g/mol. The quantitative estimate of drug-likeness (QED) is 0.261. The van der Waals surface area contributed by atoms with Gasteiger partial charge in [-0.25, -0.2) is 22.9 Å². The smallest absolute Gasteiger partial charge is 0.447 e. The van der Waals surface area contributed by atoms with Crippen molar-refractivity contribution >= 4 is 38.8 Å². The van der Waals surface area contributed by atoms with Crippen LogP contribution in [0.15, 0.2) is 35.4 Å². The van der Waals surface area contributed by atoms with E-state index < -0.39 is 26.3 Å². The first-order valence-corrected chi connectivity index (χ1v) is 16.9. The molecule has 2 aromatic heterocycles. The van der Waals surface area contributed by atoms with E-state index in [4.69, 9.17) is 9.47 Å². The lowest BCUT2D eigenvalue weighted by Crippen LogP contribution is -2.38. The summed E-state index contributed by atoms with van der Waals surface area (Å²) in [6, 6.07) is 5.59. The molecule has 1 saturated carbocycles. The van der Waals surface area contributed by atoms with Gasteiger partial charge in [-0.15, -0.1) is 11.3 Å². The number of benzene rings is 1. The number of hydrogen-bond acceptors (Lipinski definition) is 9. The maximum atomic E-state index is 13.8. The average Bonchev–Trinajstić information content (AvgIpc) is 3.60. The number of aromatic nitrogens is 3. The number of alkyl carbamates (subject to hydrolysis) is 1. The van der Waals surface area contributed by atoms with Crippen molar-refractivity contribution in [3.63, 3.8) is 0 Å². The van der Waals surface area contributed by atoms with E-state index >= 15 is 0 Å². The number of alkyl halides is 3. The minimum Gasteiger partial charge on any atom is -0.447 e. The van der Waals surface area contributed by atoms with Crippen molar-refractivity contribution < 1.29 is 35.9 Å². The summed E-state index contributed by atoms with van der Waals surface area (Å²) in [5, 5.41) is 11.1. The number of sulfone groups is 1. The Morgan fingerprint density at radius 1 is 1.14 bits per heavy atom. The summed E-state index contributed by atoms with van der Waals surface area (Å²) in [6.07, 6.45) is 6.12. The summed E-state index contributed by atoms with van der Waals surface area (Å²) in [5.74, 6) is 0.408. The van der Waals surface area contributed by atoms with Crippen molar-refractivity contribution in [2.24, 2.45) is 0 Å². The van der Waals surface area contributed by atoms with Gasteiger partial charge in [-0.1, -0.05) is 6.07 Å². The first-order chi connectivity index (χ1) is 20.8. The molecule has 44 heavy (non-hydrogen) atoms. The number of carbonyl (C=O) groups excluding carboxylic acids is 1. The Kier molecular flexibility index (Phi) is 9.56.